The van der Waals surface area contributed by atoms with Gasteiger partial charge in [0.05, 0.1) is 35.5 Å². The third-order valence-corrected chi connectivity index (χ3v) is 5.24. The van der Waals surface area contributed by atoms with Crippen molar-refractivity contribution in [2.24, 2.45) is 5.92 Å². The van der Waals surface area contributed by atoms with E-state index in [-0.39, 0.29) is 11.8 Å². The number of aromatic nitrogens is 2. The standard InChI is InChI=1S/C24H26N4O3/c1-16(2)13-26-23(29)19-12-21(27-20-8-4-3-7-18(19)20)22-15-28(10-11-31-22)24(30)17-6-5-9-25-14-17/h3-9,12,14,16,22H,10-11,13,15H2,1-2H3,(H,26,29)/t22-/m1/s1. The normalized spacial score (nSPS) is 16.5. The van der Waals surface area contributed by atoms with Gasteiger partial charge < -0.3 is 15.0 Å². The first-order valence-electron chi connectivity index (χ1n) is 10.5. The van der Waals surface area contributed by atoms with Crippen LogP contribution in [0.15, 0.2) is 54.9 Å². The monoisotopic (exact) mass is 418 g/mol. The fourth-order valence-corrected chi connectivity index (χ4v) is 3.63. The molecule has 1 aromatic carbocycles. The molecule has 0 radical (unpaired) electrons. The second-order valence-corrected chi connectivity index (χ2v) is 8.07. The summed E-state index contributed by atoms with van der Waals surface area (Å²) in [5.74, 6) is 0.134. The van der Waals surface area contributed by atoms with Crippen LogP contribution < -0.4 is 5.32 Å². The molecular weight excluding hydrogens is 392 g/mol. The van der Waals surface area contributed by atoms with E-state index in [1.807, 2.05) is 24.3 Å². The van der Waals surface area contributed by atoms with Crippen molar-refractivity contribution in [2.75, 3.05) is 26.2 Å². The number of rotatable bonds is 5. The average molecular weight is 418 g/mol. The van der Waals surface area contributed by atoms with Crippen LogP contribution in [0.3, 0.4) is 0 Å². The molecule has 3 heterocycles. The summed E-state index contributed by atoms with van der Waals surface area (Å²) in [4.78, 5) is 36.3. The molecule has 7 heteroatoms. The highest BCUT2D eigenvalue weighted by molar-refractivity contribution is 6.06. The fourth-order valence-electron chi connectivity index (χ4n) is 3.63. The molecule has 1 atom stereocenters. The van der Waals surface area contributed by atoms with Crippen LogP contribution in [0.1, 0.15) is 46.4 Å². The van der Waals surface area contributed by atoms with Gasteiger partial charge in [-0.05, 0) is 30.2 Å². The van der Waals surface area contributed by atoms with Gasteiger partial charge in [0.2, 0.25) is 0 Å². The van der Waals surface area contributed by atoms with Gasteiger partial charge in [-0.3, -0.25) is 14.6 Å². The summed E-state index contributed by atoms with van der Waals surface area (Å²) in [5.41, 5.74) is 2.50. The average Bonchev–Trinajstić information content (AvgIpc) is 2.82. The fraction of sp³-hybridized carbons (Fsp3) is 0.333. The minimum atomic E-state index is -0.407. The van der Waals surface area contributed by atoms with Crippen molar-refractivity contribution in [2.45, 2.75) is 20.0 Å². The maximum Gasteiger partial charge on any atom is 0.255 e. The maximum atomic E-state index is 12.9. The number of morpholine rings is 1. The van der Waals surface area contributed by atoms with Gasteiger partial charge in [-0.2, -0.15) is 0 Å². The number of pyridine rings is 2. The van der Waals surface area contributed by atoms with E-state index in [1.54, 1.807) is 35.5 Å². The quantitative estimate of drug-likeness (QED) is 0.688. The molecule has 3 aromatic rings. The summed E-state index contributed by atoms with van der Waals surface area (Å²) < 4.78 is 5.96. The molecule has 2 aromatic heterocycles. The first kappa shape index (κ1) is 20.9. The Morgan fingerprint density at radius 1 is 1.23 bits per heavy atom. The lowest BCUT2D eigenvalue weighted by atomic mass is 10.0. The van der Waals surface area contributed by atoms with Crippen LogP contribution in [-0.2, 0) is 4.74 Å². The van der Waals surface area contributed by atoms with Crippen LogP contribution in [0.2, 0.25) is 0 Å². The number of nitrogens with one attached hydrogen (secondary N) is 1. The molecule has 0 bridgehead atoms. The predicted octanol–water partition coefficient (Wildman–Crippen LogP) is 3.23. The summed E-state index contributed by atoms with van der Waals surface area (Å²) in [6.07, 6.45) is 2.80. The molecule has 0 unspecified atom stereocenters. The highest BCUT2D eigenvalue weighted by atomic mass is 16.5. The highest BCUT2D eigenvalue weighted by Gasteiger charge is 2.28. The van der Waals surface area contributed by atoms with Gasteiger partial charge >= 0.3 is 0 Å². The summed E-state index contributed by atoms with van der Waals surface area (Å²) in [5, 5.41) is 3.79. The number of hydrogen-bond acceptors (Lipinski definition) is 5. The zero-order valence-electron chi connectivity index (χ0n) is 17.7. The lowest BCUT2D eigenvalue weighted by Crippen LogP contribution is -2.42. The molecule has 4 rings (SSSR count). The van der Waals surface area contributed by atoms with Gasteiger partial charge in [-0.25, -0.2) is 4.98 Å². The Bertz CT molecular complexity index is 1080. The molecule has 160 valence electrons. The molecule has 1 aliphatic heterocycles. The molecule has 0 saturated carbocycles. The number of para-hydroxylation sites is 1. The number of carbonyl (C=O) groups is 2. The van der Waals surface area contributed by atoms with Crippen molar-refractivity contribution >= 4 is 22.7 Å². The van der Waals surface area contributed by atoms with E-state index in [2.05, 4.69) is 24.1 Å². The van der Waals surface area contributed by atoms with Crippen LogP contribution in [0.25, 0.3) is 10.9 Å². The van der Waals surface area contributed by atoms with Gasteiger partial charge in [-0.15, -0.1) is 0 Å². The van der Waals surface area contributed by atoms with E-state index < -0.39 is 6.10 Å². The molecule has 31 heavy (non-hydrogen) atoms. The molecule has 1 aliphatic rings. The Labute approximate surface area is 181 Å². The molecular formula is C24H26N4O3. The lowest BCUT2D eigenvalue weighted by Gasteiger charge is -2.33. The SMILES string of the molecule is CC(C)CNC(=O)c1cc([C@H]2CN(C(=O)c3cccnc3)CCO2)nc2ccccc12. The Kier molecular flexibility index (Phi) is 6.23. The summed E-state index contributed by atoms with van der Waals surface area (Å²) >= 11 is 0. The topological polar surface area (TPSA) is 84.4 Å². The minimum absolute atomic E-state index is 0.0860. The number of hydrogen-bond donors (Lipinski definition) is 1. The molecule has 2 amide bonds. The van der Waals surface area contributed by atoms with Gasteiger partial charge in [0.25, 0.3) is 11.8 Å². The summed E-state index contributed by atoms with van der Waals surface area (Å²) in [7, 11) is 0. The zero-order valence-corrected chi connectivity index (χ0v) is 17.7. The Morgan fingerprint density at radius 3 is 2.84 bits per heavy atom. The zero-order chi connectivity index (χ0) is 21.8. The van der Waals surface area contributed by atoms with E-state index in [9.17, 15) is 9.59 Å². The van der Waals surface area contributed by atoms with Crippen molar-refractivity contribution in [3.05, 3.63) is 71.7 Å². The van der Waals surface area contributed by atoms with Crippen molar-refractivity contribution in [3.63, 3.8) is 0 Å². The largest absolute Gasteiger partial charge is 0.368 e. The van der Waals surface area contributed by atoms with E-state index >= 15 is 0 Å². The van der Waals surface area contributed by atoms with Crippen molar-refractivity contribution in [3.8, 4) is 0 Å². The second-order valence-electron chi connectivity index (χ2n) is 8.07. The van der Waals surface area contributed by atoms with Crippen LogP contribution in [0.5, 0.6) is 0 Å². The number of fused-ring (bicyclic) bond motifs is 1. The van der Waals surface area contributed by atoms with Gasteiger partial charge in [0.15, 0.2) is 0 Å². The molecule has 1 N–H and O–H groups in total. The number of benzene rings is 1. The summed E-state index contributed by atoms with van der Waals surface area (Å²) in [6, 6.07) is 12.9. The van der Waals surface area contributed by atoms with Crippen LogP contribution >= 0.6 is 0 Å². The van der Waals surface area contributed by atoms with Crippen LogP contribution in [0, 0.1) is 5.92 Å². The molecule has 0 spiro atoms. The van der Waals surface area contributed by atoms with E-state index in [4.69, 9.17) is 9.72 Å². The lowest BCUT2D eigenvalue weighted by molar-refractivity contribution is -0.0246. The van der Waals surface area contributed by atoms with Crippen molar-refractivity contribution in [1.29, 1.82) is 0 Å². The number of nitrogens with zero attached hydrogens (tertiary/aromatic N) is 3. The van der Waals surface area contributed by atoms with E-state index in [0.717, 1.165) is 10.9 Å². The molecule has 7 nitrogen and oxygen atoms in total. The minimum Gasteiger partial charge on any atom is -0.368 e. The number of carbonyl (C=O) groups excluding carboxylic acids is 2. The van der Waals surface area contributed by atoms with Crippen molar-refractivity contribution < 1.29 is 14.3 Å². The summed E-state index contributed by atoms with van der Waals surface area (Å²) in [6.45, 7) is 5.98. The maximum absolute atomic E-state index is 12.9. The van der Waals surface area contributed by atoms with Gasteiger partial charge in [0.1, 0.15) is 6.10 Å². The molecule has 1 saturated heterocycles. The number of ether oxygens (including phenoxy) is 1. The third-order valence-electron chi connectivity index (χ3n) is 5.24. The Balaban J connectivity index is 1.62. The third kappa shape index (κ3) is 4.72. The van der Waals surface area contributed by atoms with Gasteiger partial charge in [0, 0.05) is 30.9 Å². The van der Waals surface area contributed by atoms with Crippen LogP contribution in [-0.4, -0.2) is 52.9 Å². The Hall–Kier alpha value is -3.32. The van der Waals surface area contributed by atoms with Crippen LogP contribution in [0.4, 0.5) is 0 Å². The first-order chi connectivity index (χ1) is 15.0. The van der Waals surface area contributed by atoms with E-state index in [0.29, 0.717) is 49.0 Å². The predicted molar refractivity (Wildman–Crippen MR) is 118 cm³/mol. The highest BCUT2D eigenvalue weighted by Crippen LogP contribution is 2.26. The van der Waals surface area contributed by atoms with Gasteiger partial charge in [-0.1, -0.05) is 32.0 Å². The second kappa shape index (κ2) is 9.22. The Morgan fingerprint density at radius 2 is 2.06 bits per heavy atom. The molecule has 1 fully saturated rings. The van der Waals surface area contributed by atoms with E-state index in [1.165, 1.54) is 0 Å². The van der Waals surface area contributed by atoms with Crippen molar-refractivity contribution in [1.82, 2.24) is 20.2 Å². The number of amides is 2. The smallest absolute Gasteiger partial charge is 0.255 e. The molecule has 0 aliphatic carbocycles. The first-order valence-corrected chi connectivity index (χ1v) is 10.5.